The van der Waals surface area contributed by atoms with Crippen LogP contribution in [0.2, 0.25) is 0 Å². The summed E-state index contributed by atoms with van der Waals surface area (Å²) in [6.45, 7) is 0. The third-order valence-electron chi connectivity index (χ3n) is 3.01. The number of phenolic OH excluding ortho intramolecular Hbond substituents is 1. The Bertz CT molecular complexity index is 734. The van der Waals surface area contributed by atoms with Crippen molar-refractivity contribution in [1.82, 2.24) is 0 Å². The second-order valence-electron chi connectivity index (χ2n) is 4.72. The van der Waals surface area contributed by atoms with E-state index in [1.54, 1.807) is 24.3 Å². The lowest BCUT2D eigenvalue weighted by Crippen LogP contribution is -2.32. The van der Waals surface area contributed by atoms with E-state index in [4.69, 9.17) is 15.6 Å². The number of hydrogen-bond acceptors (Lipinski definition) is 4. The molecule has 4 N–H and O–H groups in total. The standard InChI is InChI=1S/C15H12I3NO4/c16-10-5-7(6-11(19)15(21)22)12(17)13(18)14(10)23-9-3-1-8(20)2-4-9/h1-5,11,20H,6,19H2,(H,21,22)/t11-/m0/s1. The summed E-state index contributed by atoms with van der Waals surface area (Å²) in [5.74, 6) is 0.475. The minimum absolute atomic E-state index is 0.175. The molecule has 0 radical (unpaired) electrons. The lowest BCUT2D eigenvalue weighted by atomic mass is 10.1. The zero-order chi connectivity index (χ0) is 17.1. The SMILES string of the molecule is N[C@@H](Cc1cc(I)c(Oc2ccc(O)cc2)c(I)c1I)C(=O)O. The number of phenols is 1. The van der Waals surface area contributed by atoms with Gasteiger partial charge in [0.1, 0.15) is 17.5 Å². The van der Waals surface area contributed by atoms with Crippen molar-refractivity contribution in [3.8, 4) is 17.2 Å². The lowest BCUT2D eigenvalue weighted by Gasteiger charge is -2.16. The summed E-state index contributed by atoms with van der Waals surface area (Å²) in [4.78, 5) is 10.9. The Morgan fingerprint density at radius 3 is 2.35 bits per heavy atom. The van der Waals surface area contributed by atoms with E-state index >= 15 is 0 Å². The number of aromatic hydroxyl groups is 1. The molecule has 2 aromatic carbocycles. The number of aliphatic carboxylic acids is 1. The predicted octanol–water partition coefficient (Wildman–Crippen LogP) is 3.95. The van der Waals surface area contributed by atoms with Gasteiger partial charge in [-0.3, -0.25) is 4.79 Å². The van der Waals surface area contributed by atoms with Crippen LogP contribution in [0.3, 0.4) is 0 Å². The van der Waals surface area contributed by atoms with E-state index in [9.17, 15) is 9.90 Å². The third kappa shape index (κ3) is 4.82. The van der Waals surface area contributed by atoms with Crippen LogP contribution in [0.25, 0.3) is 0 Å². The highest BCUT2D eigenvalue weighted by Gasteiger charge is 2.19. The summed E-state index contributed by atoms with van der Waals surface area (Å²) in [6, 6.07) is 7.44. The Morgan fingerprint density at radius 1 is 1.17 bits per heavy atom. The van der Waals surface area contributed by atoms with Crippen molar-refractivity contribution in [1.29, 1.82) is 0 Å². The van der Waals surface area contributed by atoms with Gasteiger partial charge in [0.25, 0.3) is 0 Å². The number of hydrogen-bond donors (Lipinski definition) is 3. The molecule has 23 heavy (non-hydrogen) atoms. The molecule has 0 bridgehead atoms. The molecule has 0 fully saturated rings. The van der Waals surface area contributed by atoms with Crippen LogP contribution in [-0.4, -0.2) is 22.2 Å². The van der Waals surface area contributed by atoms with E-state index in [0.29, 0.717) is 11.5 Å². The van der Waals surface area contributed by atoms with Crippen molar-refractivity contribution in [2.45, 2.75) is 12.5 Å². The highest BCUT2D eigenvalue weighted by Crippen LogP contribution is 2.37. The van der Waals surface area contributed by atoms with Gasteiger partial charge in [0.15, 0.2) is 5.75 Å². The smallest absolute Gasteiger partial charge is 0.320 e. The zero-order valence-electron chi connectivity index (χ0n) is 11.6. The van der Waals surface area contributed by atoms with Crippen LogP contribution in [-0.2, 0) is 11.2 Å². The molecule has 0 aliphatic carbocycles. The van der Waals surface area contributed by atoms with Gasteiger partial charge in [0.05, 0.1) is 7.14 Å². The number of nitrogens with two attached hydrogens (primary N) is 1. The van der Waals surface area contributed by atoms with Gasteiger partial charge in [0, 0.05) is 3.57 Å². The summed E-state index contributed by atoms with van der Waals surface area (Å²) in [5, 5.41) is 18.3. The van der Waals surface area contributed by atoms with E-state index in [2.05, 4.69) is 67.8 Å². The number of rotatable bonds is 5. The van der Waals surface area contributed by atoms with Crippen molar-refractivity contribution in [3.63, 3.8) is 0 Å². The number of halogens is 3. The molecule has 2 rings (SSSR count). The van der Waals surface area contributed by atoms with Gasteiger partial charge in [-0.2, -0.15) is 0 Å². The fourth-order valence-corrected chi connectivity index (χ4v) is 4.47. The summed E-state index contributed by atoms with van der Waals surface area (Å²) >= 11 is 6.51. The number of carboxylic acids is 1. The molecule has 0 heterocycles. The van der Waals surface area contributed by atoms with Crippen LogP contribution in [0.15, 0.2) is 30.3 Å². The fourth-order valence-electron chi connectivity index (χ4n) is 1.83. The lowest BCUT2D eigenvalue weighted by molar-refractivity contribution is -0.138. The Balaban J connectivity index is 2.33. The van der Waals surface area contributed by atoms with Gasteiger partial charge < -0.3 is 20.7 Å². The van der Waals surface area contributed by atoms with Crippen LogP contribution in [0.1, 0.15) is 5.56 Å². The molecule has 0 amide bonds. The zero-order valence-corrected chi connectivity index (χ0v) is 18.1. The highest BCUT2D eigenvalue weighted by atomic mass is 127. The van der Waals surface area contributed by atoms with Crippen molar-refractivity contribution in [2.24, 2.45) is 5.73 Å². The molecule has 0 unspecified atom stereocenters. The number of carbonyl (C=O) groups is 1. The molecule has 1 atom stereocenters. The van der Waals surface area contributed by atoms with E-state index in [1.807, 2.05) is 6.07 Å². The van der Waals surface area contributed by atoms with E-state index < -0.39 is 12.0 Å². The average Bonchev–Trinajstić information content (AvgIpc) is 2.50. The van der Waals surface area contributed by atoms with Crippen molar-refractivity contribution >= 4 is 73.7 Å². The van der Waals surface area contributed by atoms with Gasteiger partial charge >= 0.3 is 5.97 Å². The summed E-state index contributed by atoms with van der Waals surface area (Å²) in [6.07, 6.45) is 0.263. The first-order valence-electron chi connectivity index (χ1n) is 6.41. The van der Waals surface area contributed by atoms with Crippen molar-refractivity contribution in [2.75, 3.05) is 0 Å². The van der Waals surface area contributed by atoms with Gasteiger partial charge in [0.2, 0.25) is 0 Å². The van der Waals surface area contributed by atoms with Crippen LogP contribution in [0, 0.1) is 10.7 Å². The molecule has 0 aromatic heterocycles. The first-order chi connectivity index (χ1) is 10.8. The molecule has 0 saturated carbocycles. The van der Waals surface area contributed by atoms with Gasteiger partial charge in [-0.25, -0.2) is 0 Å². The molecule has 0 spiro atoms. The summed E-state index contributed by atoms with van der Waals surface area (Å²) < 4.78 is 8.60. The number of benzene rings is 2. The van der Waals surface area contributed by atoms with Crippen LogP contribution < -0.4 is 10.5 Å². The Hall–Kier alpha value is -0.340. The topological polar surface area (TPSA) is 92.8 Å². The predicted molar refractivity (Wildman–Crippen MR) is 112 cm³/mol. The molecule has 5 nitrogen and oxygen atoms in total. The fraction of sp³-hybridized carbons (Fsp3) is 0.133. The third-order valence-corrected chi connectivity index (χ3v) is 7.10. The largest absolute Gasteiger partial charge is 0.508 e. The summed E-state index contributed by atoms with van der Waals surface area (Å²) in [7, 11) is 0. The number of carboxylic acid groups (broad SMARTS) is 1. The number of ether oxygens (including phenoxy) is 1. The van der Waals surface area contributed by atoms with Crippen LogP contribution >= 0.6 is 67.8 Å². The molecular formula is C15H12I3NO4. The van der Waals surface area contributed by atoms with Gasteiger partial charge in [-0.15, -0.1) is 0 Å². The Morgan fingerprint density at radius 2 is 1.78 bits per heavy atom. The molecule has 0 aliphatic rings. The van der Waals surface area contributed by atoms with Crippen molar-refractivity contribution < 1.29 is 19.7 Å². The normalized spacial score (nSPS) is 12.0. The second kappa shape index (κ2) is 8.16. The second-order valence-corrected chi connectivity index (χ2v) is 8.04. The van der Waals surface area contributed by atoms with E-state index in [1.165, 1.54) is 0 Å². The minimum atomic E-state index is -1.02. The Kier molecular flexibility index (Phi) is 6.74. The van der Waals surface area contributed by atoms with Crippen LogP contribution in [0.5, 0.6) is 17.2 Å². The maximum absolute atomic E-state index is 10.9. The molecule has 122 valence electrons. The summed E-state index contributed by atoms with van der Waals surface area (Å²) in [5.41, 5.74) is 6.51. The molecule has 0 saturated heterocycles. The minimum Gasteiger partial charge on any atom is -0.508 e. The van der Waals surface area contributed by atoms with E-state index in [-0.39, 0.29) is 12.2 Å². The maximum atomic E-state index is 10.9. The molecule has 8 heteroatoms. The molecule has 0 aliphatic heterocycles. The quantitative estimate of drug-likeness (QED) is 0.337. The first-order valence-corrected chi connectivity index (χ1v) is 9.65. The maximum Gasteiger partial charge on any atom is 0.320 e. The molecular weight excluding hydrogens is 639 g/mol. The van der Waals surface area contributed by atoms with Crippen LogP contribution in [0.4, 0.5) is 0 Å². The van der Waals surface area contributed by atoms with Crippen molar-refractivity contribution in [3.05, 3.63) is 46.6 Å². The first kappa shape index (κ1) is 19.0. The monoisotopic (exact) mass is 651 g/mol. The van der Waals surface area contributed by atoms with E-state index in [0.717, 1.165) is 16.3 Å². The Labute approximate surface area is 174 Å². The average molecular weight is 651 g/mol. The molecule has 2 aromatic rings. The highest BCUT2D eigenvalue weighted by molar-refractivity contribution is 14.1. The van der Waals surface area contributed by atoms with Gasteiger partial charge in [-0.05, 0) is 110 Å². The van der Waals surface area contributed by atoms with Gasteiger partial charge in [-0.1, -0.05) is 0 Å².